The van der Waals surface area contributed by atoms with E-state index in [9.17, 15) is 9.59 Å². The first kappa shape index (κ1) is 25.2. The van der Waals surface area contributed by atoms with E-state index in [1.807, 2.05) is 54.6 Å². The van der Waals surface area contributed by atoms with Gasteiger partial charge in [-0.1, -0.05) is 42.5 Å². The van der Waals surface area contributed by atoms with Crippen molar-refractivity contribution in [3.63, 3.8) is 0 Å². The summed E-state index contributed by atoms with van der Waals surface area (Å²) < 4.78 is 16.3. The van der Waals surface area contributed by atoms with E-state index in [0.29, 0.717) is 42.6 Å². The number of benzene rings is 3. The lowest BCUT2D eigenvalue weighted by atomic mass is 10.0. The Kier molecular flexibility index (Phi) is 8.54. The minimum absolute atomic E-state index is 0.163. The van der Waals surface area contributed by atoms with Gasteiger partial charge >= 0.3 is 0 Å². The average Bonchev–Trinajstić information content (AvgIpc) is 2.91. The van der Waals surface area contributed by atoms with Crippen LogP contribution in [0.3, 0.4) is 0 Å². The maximum atomic E-state index is 13.4. The molecule has 8 heteroatoms. The molecule has 1 saturated heterocycles. The van der Waals surface area contributed by atoms with Gasteiger partial charge in [0.05, 0.1) is 20.3 Å². The molecule has 1 aliphatic heterocycles. The van der Waals surface area contributed by atoms with Crippen LogP contribution in [0, 0.1) is 0 Å². The topological polar surface area (TPSA) is 89.1 Å². The fourth-order valence-electron chi connectivity index (χ4n) is 4.14. The standard InChI is InChI=1S/C28H31N3O5/c1-34-14-7-15-36-26-17-22(12-13-25(26)35-2)30-28(33)24-18-29-19-27(32)31(24)23-11-6-10-21(16-23)20-8-4-3-5-9-20/h3-6,8-13,16-17,24,29H,7,14-15,18-19H2,1-2H3,(H,30,33). The van der Waals surface area contributed by atoms with Gasteiger partial charge in [0.25, 0.3) is 0 Å². The first-order valence-electron chi connectivity index (χ1n) is 11.9. The zero-order valence-electron chi connectivity index (χ0n) is 20.5. The Balaban J connectivity index is 1.54. The van der Waals surface area contributed by atoms with Crippen molar-refractivity contribution in [3.8, 4) is 22.6 Å². The number of nitrogens with zero attached hydrogens (tertiary/aromatic N) is 1. The molecule has 188 valence electrons. The van der Waals surface area contributed by atoms with Gasteiger partial charge in [-0.15, -0.1) is 0 Å². The number of hydrogen-bond donors (Lipinski definition) is 2. The highest BCUT2D eigenvalue weighted by molar-refractivity contribution is 6.07. The van der Waals surface area contributed by atoms with Gasteiger partial charge < -0.3 is 24.8 Å². The van der Waals surface area contributed by atoms with Gasteiger partial charge in [-0.3, -0.25) is 14.5 Å². The van der Waals surface area contributed by atoms with Crippen molar-refractivity contribution in [1.82, 2.24) is 5.32 Å². The Bertz CT molecular complexity index is 1180. The minimum atomic E-state index is -0.717. The predicted molar refractivity (Wildman–Crippen MR) is 140 cm³/mol. The molecule has 1 atom stereocenters. The van der Waals surface area contributed by atoms with Crippen LogP contribution >= 0.6 is 0 Å². The lowest BCUT2D eigenvalue weighted by Gasteiger charge is -2.35. The van der Waals surface area contributed by atoms with Gasteiger partial charge in [-0.05, 0) is 35.4 Å². The lowest BCUT2D eigenvalue weighted by molar-refractivity contribution is -0.124. The van der Waals surface area contributed by atoms with Crippen LogP contribution in [0.5, 0.6) is 11.5 Å². The maximum Gasteiger partial charge on any atom is 0.248 e. The van der Waals surface area contributed by atoms with E-state index in [-0.39, 0.29) is 18.4 Å². The van der Waals surface area contributed by atoms with Gasteiger partial charge in [0, 0.05) is 44.1 Å². The van der Waals surface area contributed by atoms with Gasteiger partial charge in [-0.2, -0.15) is 0 Å². The summed E-state index contributed by atoms with van der Waals surface area (Å²) in [5.74, 6) is 0.635. The van der Waals surface area contributed by atoms with E-state index in [0.717, 1.165) is 17.5 Å². The van der Waals surface area contributed by atoms with Crippen molar-refractivity contribution in [2.24, 2.45) is 0 Å². The number of ether oxygens (including phenoxy) is 3. The first-order valence-corrected chi connectivity index (χ1v) is 11.9. The SMILES string of the molecule is COCCCOc1cc(NC(=O)C2CNCC(=O)N2c2cccc(-c3ccccc3)c2)ccc1OC. The molecule has 3 aromatic carbocycles. The summed E-state index contributed by atoms with van der Waals surface area (Å²) in [6.45, 7) is 1.54. The molecule has 0 radical (unpaired) electrons. The monoisotopic (exact) mass is 489 g/mol. The minimum Gasteiger partial charge on any atom is -0.493 e. The smallest absolute Gasteiger partial charge is 0.248 e. The third-order valence-corrected chi connectivity index (χ3v) is 5.91. The zero-order chi connectivity index (χ0) is 25.3. The van der Waals surface area contributed by atoms with E-state index < -0.39 is 6.04 Å². The molecule has 2 N–H and O–H groups in total. The van der Waals surface area contributed by atoms with Crippen molar-refractivity contribution < 1.29 is 23.8 Å². The third-order valence-electron chi connectivity index (χ3n) is 5.91. The Morgan fingerprint density at radius 2 is 1.78 bits per heavy atom. The van der Waals surface area contributed by atoms with Crippen LogP contribution in [0.25, 0.3) is 11.1 Å². The highest BCUT2D eigenvalue weighted by Crippen LogP contribution is 2.31. The average molecular weight is 490 g/mol. The molecule has 3 aromatic rings. The van der Waals surface area contributed by atoms with Crippen LogP contribution in [0.4, 0.5) is 11.4 Å². The van der Waals surface area contributed by atoms with Gasteiger partial charge in [0.2, 0.25) is 11.8 Å². The highest BCUT2D eigenvalue weighted by Gasteiger charge is 2.34. The van der Waals surface area contributed by atoms with Crippen LogP contribution in [-0.2, 0) is 14.3 Å². The summed E-state index contributed by atoms with van der Waals surface area (Å²) >= 11 is 0. The molecule has 0 aliphatic carbocycles. The number of nitrogens with one attached hydrogen (secondary N) is 2. The number of hydrogen-bond acceptors (Lipinski definition) is 6. The molecule has 1 aliphatic rings. The molecule has 4 rings (SSSR count). The molecule has 0 aromatic heterocycles. The molecule has 1 unspecified atom stereocenters. The van der Waals surface area contributed by atoms with E-state index in [1.54, 1.807) is 37.3 Å². The second-order valence-corrected chi connectivity index (χ2v) is 8.38. The Morgan fingerprint density at radius 3 is 2.56 bits per heavy atom. The van der Waals surface area contributed by atoms with Gasteiger partial charge in [0.1, 0.15) is 6.04 Å². The number of methoxy groups -OCH3 is 2. The summed E-state index contributed by atoms with van der Waals surface area (Å²) in [5.41, 5.74) is 3.25. The van der Waals surface area contributed by atoms with Crippen LogP contribution in [0.1, 0.15) is 6.42 Å². The number of anilines is 2. The largest absolute Gasteiger partial charge is 0.493 e. The fourth-order valence-corrected chi connectivity index (χ4v) is 4.14. The van der Waals surface area contributed by atoms with E-state index >= 15 is 0 Å². The number of amides is 2. The zero-order valence-corrected chi connectivity index (χ0v) is 20.5. The number of carbonyl (C=O) groups excluding carboxylic acids is 2. The maximum absolute atomic E-state index is 13.4. The molecule has 0 bridgehead atoms. The molecule has 2 amide bonds. The van der Waals surface area contributed by atoms with Crippen molar-refractivity contribution in [3.05, 3.63) is 72.8 Å². The molecule has 36 heavy (non-hydrogen) atoms. The van der Waals surface area contributed by atoms with Gasteiger partial charge in [0.15, 0.2) is 11.5 Å². The molecule has 8 nitrogen and oxygen atoms in total. The normalized spacial score (nSPS) is 15.4. The van der Waals surface area contributed by atoms with Gasteiger partial charge in [-0.25, -0.2) is 0 Å². The van der Waals surface area contributed by atoms with Crippen LogP contribution < -0.4 is 25.0 Å². The molecular weight excluding hydrogens is 458 g/mol. The third kappa shape index (κ3) is 6.02. The van der Waals surface area contributed by atoms with Crippen molar-refractivity contribution in [2.75, 3.05) is 50.7 Å². The summed E-state index contributed by atoms with van der Waals surface area (Å²) in [4.78, 5) is 27.9. The van der Waals surface area contributed by atoms with Crippen molar-refractivity contribution >= 4 is 23.2 Å². The molecule has 1 fully saturated rings. The van der Waals surface area contributed by atoms with Crippen molar-refractivity contribution in [2.45, 2.75) is 12.5 Å². The van der Waals surface area contributed by atoms with Crippen molar-refractivity contribution in [1.29, 1.82) is 0 Å². The van der Waals surface area contributed by atoms with Crippen LogP contribution in [0.2, 0.25) is 0 Å². The lowest BCUT2D eigenvalue weighted by Crippen LogP contribution is -2.59. The first-order chi connectivity index (χ1) is 17.6. The summed E-state index contributed by atoms with van der Waals surface area (Å²) in [6.07, 6.45) is 0.725. The summed E-state index contributed by atoms with van der Waals surface area (Å²) in [6, 6.07) is 22.1. The Hall–Kier alpha value is -3.88. The predicted octanol–water partition coefficient (Wildman–Crippen LogP) is 3.72. The van der Waals surface area contributed by atoms with Crippen LogP contribution in [-0.4, -0.2) is 58.4 Å². The fraction of sp³-hybridized carbons (Fsp3) is 0.286. The molecule has 0 spiro atoms. The van der Waals surface area contributed by atoms with E-state index in [2.05, 4.69) is 10.6 Å². The number of carbonyl (C=O) groups is 2. The molecule has 1 heterocycles. The second kappa shape index (κ2) is 12.2. The number of rotatable bonds is 10. The summed E-state index contributed by atoms with van der Waals surface area (Å²) in [7, 11) is 3.21. The van der Waals surface area contributed by atoms with Crippen LogP contribution in [0.15, 0.2) is 72.8 Å². The molecule has 0 saturated carbocycles. The number of piperazine rings is 1. The highest BCUT2D eigenvalue weighted by atomic mass is 16.5. The second-order valence-electron chi connectivity index (χ2n) is 8.38. The quantitative estimate of drug-likeness (QED) is 0.422. The van der Waals surface area contributed by atoms with E-state index in [4.69, 9.17) is 14.2 Å². The Labute approximate surface area is 211 Å². The Morgan fingerprint density at radius 1 is 0.972 bits per heavy atom. The molecular formula is C28H31N3O5. The van der Waals surface area contributed by atoms with E-state index in [1.165, 1.54) is 0 Å². The summed E-state index contributed by atoms with van der Waals surface area (Å²) in [5, 5.41) is 6.00.